The summed E-state index contributed by atoms with van der Waals surface area (Å²) in [7, 11) is 0. The van der Waals surface area contributed by atoms with Gasteiger partial charge in [-0.3, -0.25) is 4.79 Å². The molecule has 144 valence electrons. The van der Waals surface area contributed by atoms with Crippen LogP contribution in [0.5, 0.6) is 0 Å². The highest BCUT2D eigenvalue weighted by molar-refractivity contribution is 7.10. The summed E-state index contributed by atoms with van der Waals surface area (Å²) < 4.78 is 38.1. The summed E-state index contributed by atoms with van der Waals surface area (Å²) in [6.07, 6.45) is -0.620. The van der Waals surface area contributed by atoms with E-state index in [0.717, 1.165) is 38.4 Å². The van der Waals surface area contributed by atoms with Crippen molar-refractivity contribution in [3.8, 4) is 0 Å². The van der Waals surface area contributed by atoms with Crippen LogP contribution in [-0.2, 0) is 23.9 Å². The molecule has 2 aliphatic rings. The Balaban J connectivity index is 1.43. The number of piperidine rings is 1. The van der Waals surface area contributed by atoms with E-state index in [1.54, 1.807) is 11.3 Å². The predicted molar refractivity (Wildman–Crippen MR) is 97.6 cm³/mol. The van der Waals surface area contributed by atoms with Gasteiger partial charge in [-0.1, -0.05) is 0 Å². The van der Waals surface area contributed by atoms with Gasteiger partial charge in [-0.2, -0.15) is 13.2 Å². The van der Waals surface area contributed by atoms with E-state index in [1.165, 1.54) is 22.7 Å². The number of alkyl halides is 3. The maximum Gasteiger partial charge on any atom is 0.433 e. The predicted octanol–water partition coefficient (Wildman–Crippen LogP) is 3.96. The van der Waals surface area contributed by atoms with Crippen LogP contribution in [0.3, 0.4) is 0 Å². The lowest BCUT2D eigenvalue weighted by Gasteiger charge is -2.37. The summed E-state index contributed by atoms with van der Waals surface area (Å²) in [4.78, 5) is 21.8. The molecular formula is C19H20F3N3OS. The number of hydrogen-bond acceptors (Lipinski definition) is 4. The number of carbonyl (C=O) groups excluding carboxylic acids is 1. The quantitative estimate of drug-likeness (QED) is 0.772. The lowest BCUT2D eigenvalue weighted by atomic mass is 9.95. The Morgan fingerprint density at radius 2 is 2.07 bits per heavy atom. The molecule has 0 aromatic carbocycles. The van der Waals surface area contributed by atoms with Gasteiger partial charge in [0.05, 0.1) is 17.8 Å². The largest absolute Gasteiger partial charge is 0.433 e. The minimum absolute atomic E-state index is 0.124. The van der Waals surface area contributed by atoms with Crippen molar-refractivity contribution >= 4 is 22.9 Å². The molecule has 0 spiro atoms. The minimum atomic E-state index is -4.44. The van der Waals surface area contributed by atoms with Gasteiger partial charge in [-0.05, 0) is 48.4 Å². The molecular weight excluding hydrogens is 375 g/mol. The SMILES string of the molecule is O=C(C1CCCN(c2ccc(C(F)(F)F)nc2)C1)N1CCc2sccc2C1. The molecule has 0 radical (unpaired) electrons. The van der Waals surface area contributed by atoms with E-state index in [-0.39, 0.29) is 11.8 Å². The molecule has 1 fully saturated rings. The zero-order valence-electron chi connectivity index (χ0n) is 14.7. The summed E-state index contributed by atoms with van der Waals surface area (Å²) in [6.45, 7) is 2.66. The first-order chi connectivity index (χ1) is 12.9. The number of pyridine rings is 1. The highest BCUT2D eigenvalue weighted by atomic mass is 32.1. The molecule has 2 aromatic heterocycles. The van der Waals surface area contributed by atoms with Crippen LogP contribution >= 0.6 is 11.3 Å². The van der Waals surface area contributed by atoms with Crippen LogP contribution < -0.4 is 4.90 Å². The van der Waals surface area contributed by atoms with Gasteiger partial charge in [0, 0.05) is 31.1 Å². The summed E-state index contributed by atoms with van der Waals surface area (Å²) in [6, 6.07) is 4.53. The van der Waals surface area contributed by atoms with Crippen molar-refractivity contribution in [2.45, 2.75) is 32.0 Å². The minimum Gasteiger partial charge on any atom is -0.369 e. The van der Waals surface area contributed by atoms with Crippen LogP contribution in [0.2, 0.25) is 0 Å². The third kappa shape index (κ3) is 3.81. The number of carbonyl (C=O) groups is 1. The van der Waals surface area contributed by atoms with Gasteiger partial charge in [0.1, 0.15) is 5.69 Å². The first-order valence-electron chi connectivity index (χ1n) is 9.04. The lowest BCUT2D eigenvalue weighted by Crippen LogP contribution is -2.46. The molecule has 0 bridgehead atoms. The summed E-state index contributed by atoms with van der Waals surface area (Å²) >= 11 is 1.74. The van der Waals surface area contributed by atoms with Gasteiger partial charge in [0.25, 0.3) is 0 Å². The Morgan fingerprint density at radius 1 is 1.22 bits per heavy atom. The van der Waals surface area contributed by atoms with Crippen LogP contribution in [0.25, 0.3) is 0 Å². The molecule has 1 atom stereocenters. The second kappa shape index (κ2) is 7.14. The summed E-state index contributed by atoms with van der Waals surface area (Å²) in [5.74, 6) is 0.0256. The standard InChI is InChI=1S/C19H20F3N3OS/c20-19(21,22)17-4-3-15(10-23-17)24-7-1-2-14(12-24)18(26)25-8-5-16-13(11-25)6-9-27-16/h3-4,6,9-10,14H,1-2,5,7-8,11-12H2. The molecule has 0 aliphatic carbocycles. The fourth-order valence-corrected chi connectivity index (χ4v) is 4.74. The monoisotopic (exact) mass is 395 g/mol. The first kappa shape index (κ1) is 18.3. The number of nitrogens with zero attached hydrogens (tertiary/aromatic N) is 3. The average molecular weight is 395 g/mol. The summed E-state index contributed by atoms with van der Waals surface area (Å²) in [5.41, 5.74) is 0.981. The number of amides is 1. The van der Waals surface area contributed by atoms with Crippen LogP contribution in [0.15, 0.2) is 29.8 Å². The van der Waals surface area contributed by atoms with Gasteiger partial charge < -0.3 is 9.80 Å². The van der Waals surface area contributed by atoms with Gasteiger partial charge in [0.15, 0.2) is 0 Å². The number of rotatable bonds is 2. The molecule has 1 amide bonds. The van der Waals surface area contributed by atoms with Crippen molar-refractivity contribution in [1.82, 2.24) is 9.88 Å². The molecule has 4 heterocycles. The molecule has 0 saturated carbocycles. The molecule has 2 aromatic rings. The molecule has 0 N–H and O–H groups in total. The number of aromatic nitrogens is 1. The van der Waals surface area contributed by atoms with Crippen LogP contribution in [-0.4, -0.2) is 35.4 Å². The normalized spacial score (nSPS) is 20.5. The van der Waals surface area contributed by atoms with E-state index in [2.05, 4.69) is 16.4 Å². The maximum absolute atomic E-state index is 13.0. The fourth-order valence-electron chi connectivity index (χ4n) is 3.85. The smallest absolute Gasteiger partial charge is 0.369 e. The molecule has 27 heavy (non-hydrogen) atoms. The van der Waals surface area contributed by atoms with Crippen molar-refractivity contribution in [3.05, 3.63) is 45.9 Å². The maximum atomic E-state index is 13.0. The van der Waals surface area contributed by atoms with Gasteiger partial charge in [-0.15, -0.1) is 11.3 Å². The molecule has 1 unspecified atom stereocenters. The third-order valence-corrected chi connectivity index (χ3v) is 6.32. The van der Waals surface area contributed by atoms with Crippen molar-refractivity contribution in [3.63, 3.8) is 0 Å². The fraction of sp³-hybridized carbons (Fsp3) is 0.474. The molecule has 1 saturated heterocycles. The average Bonchev–Trinajstić information content (AvgIpc) is 3.15. The first-order valence-corrected chi connectivity index (χ1v) is 9.92. The Hall–Kier alpha value is -2.09. The van der Waals surface area contributed by atoms with E-state index < -0.39 is 11.9 Å². The summed E-state index contributed by atoms with van der Waals surface area (Å²) in [5, 5.41) is 2.07. The van der Waals surface area contributed by atoms with Crippen molar-refractivity contribution in [2.24, 2.45) is 5.92 Å². The molecule has 2 aliphatic heterocycles. The zero-order chi connectivity index (χ0) is 19.0. The van der Waals surface area contributed by atoms with Crippen molar-refractivity contribution in [2.75, 3.05) is 24.5 Å². The topological polar surface area (TPSA) is 36.4 Å². The van der Waals surface area contributed by atoms with Crippen LogP contribution in [0.4, 0.5) is 18.9 Å². The second-order valence-corrected chi connectivity index (χ2v) is 8.06. The second-order valence-electron chi connectivity index (χ2n) is 7.06. The molecule has 4 rings (SSSR count). The van der Waals surface area contributed by atoms with Crippen LogP contribution in [0, 0.1) is 5.92 Å². The zero-order valence-corrected chi connectivity index (χ0v) is 15.5. The van der Waals surface area contributed by atoms with Gasteiger partial charge >= 0.3 is 6.18 Å². The molecule has 8 heteroatoms. The Bertz CT molecular complexity index is 818. The Kier molecular flexibility index (Phi) is 4.84. The highest BCUT2D eigenvalue weighted by Gasteiger charge is 2.34. The van der Waals surface area contributed by atoms with Crippen LogP contribution in [0.1, 0.15) is 29.0 Å². The number of thiophene rings is 1. The highest BCUT2D eigenvalue weighted by Crippen LogP contribution is 2.31. The number of hydrogen-bond donors (Lipinski definition) is 0. The van der Waals surface area contributed by atoms with E-state index in [4.69, 9.17) is 0 Å². The number of fused-ring (bicyclic) bond motifs is 1. The van der Waals surface area contributed by atoms with Gasteiger partial charge in [0.2, 0.25) is 5.91 Å². The van der Waals surface area contributed by atoms with Crippen molar-refractivity contribution < 1.29 is 18.0 Å². The van der Waals surface area contributed by atoms with E-state index in [0.29, 0.717) is 18.8 Å². The van der Waals surface area contributed by atoms with Gasteiger partial charge in [-0.25, -0.2) is 4.98 Å². The lowest BCUT2D eigenvalue weighted by molar-refractivity contribution is -0.141. The number of anilines is 1. The number of halogens is 3. The van der Waals surface area contributed by atoms with E-state index in [9.17, 15) is 18.0 Å². The van der Waals surface area contributed by atoms with E-state index >= 15 is 0 Å². The molecule has 4 nitrogen and oxygen atoms in total. The Labute approximate surface area is 159 Å². The Morgan fingerprint density at radius 3 is 2.81 bits per heavy atom. The van der Waals surface area contributed by atoms with Crippen molar-refractivity contribution in [1.29, 1.82) is 0 Å². The third-order valence-electron chi connectivity index (χ3n) is 5.29. The van der Waals surface area contributed by atoms with E-state index in [1.807, 2.05) is 9.80 Å².